The number of rotatable bonds is 6. The maximum atomic E-state index is 12.3. The van der Waals surface area contributed by atoms with E-state index >= 15 is 0 Å². The summed E-state index contributed by atoms with van der Waals surface area (Å²) in [4.78, 5) is 15.0. The van der Waals surface area contributed by atoms with Gasteiger partial charge >= 0.3 is 0 Å². The number of fused-ring (bicyclic) bond motifs is 1. The van der Waals surface area contributed by atoms with E-state index in [-0.39, 0.29) is 5.91 Å². The van der Waals surface area contributed by atoms with Gasteiger partial charge in [0.15, 0.2) is 0 Å². The molecule has 0 unspecified atom stereocenters. The fourth-order valence-electron chi connectivity index (χ4n) is 2.00. The number of thiophene rings is 1. The number of nitrogens with zero attached hydrogens (tertiary/aromatic N) is 1. The predicted octanol–water partition coefficient (Wildman–Crippen LogP) is 4.54. The SMILES string of the molecule is CN(CCCCCBr)C(=O)c1cc2ccccc2s1. The normalized spacial score (nSPS) is 10.8. The molecule has 2 rings (SSSR count). The molecule has 2 aromatic rings. The van der Waals surface area contributed by atoms with Crippen LogP contribution in [0.2, 0.25) is 0 Å². The zero-order chi connectivity index (χ0) is 13.7. The molecule has 0 atom stereocenters. The van der Waals surface area contributed by atoms with Crippen molar-refractivity contribution in [3.05, 3.63) is 35.2 Å². The summed E-state index contributed by atoms with van der Waals surface area (Å²) in [6.45, 7) is 0.833. The molecule has 1 aromatic heterocycles. The average molecular weight is 340 g/mol. The van der Waals surface area contributed by atoms with Gasteiger partial charge < -0.3 is 4.90 Å². The molecule has 0 N–H and O–H groups in total. The molecule has 0 saturated heterocycles. The Hall–Kier alpha value is -0.870. The van der Waals surface area contributed by atoms with E-state index in [0.29, 0.717) is 0 Å². The van der Waals surface area contributed by atoms with Crippen LogP contribution in [0.4, 0.5) is 0 Å². The molecule has 0 bridgehead atoms. The minimum atomic E-state index is 0.139. The van der Waals surface area contributed by atoms with Crippen molar-refractivity contribution in [1.82, 2.24) is 4.90 Å². The Labute approximate surface area is 126 Å². The van der Waals surface area contributed by atoms with Crippen molar-refractivity contribution in [2.45, 2.75) is 19.3 Å². The van der Waals surface area contributed by atoms with Gasteiger partial charge in [-0.1, -0.05) is 40.5 Å². The average Bonchev–Trinajstić information content (AvgIpc) is 2.86. The Kier molecular flexibility index (Phi) is 5.40. The molecule has 0 saturated carbocycles. The van der Waals surface area contributed by atoms with Gasteiger partial charge in [-0.05, 0) is 30.4 Å². The number of halogens is 1. The molecule has 2 nitrogen and oxygen atoms in total. The standard InChI is InChI=1S/C15H18BrNOS/c1-17(10-6-2-5-9-16)15(18)14-11-12-7-3-4-8-13(12)19-14/h3-4,7-8,11H,2,5-6,9-10H2,1H3. The monoisotopic (exact) mass is 339 g/mol. The van der Waals surface area contributed by atoms with Gasteiger partial charge in [0.2, 0.25) is 0 Å². The maximum Gasteiger partial charge on any atom is 0.263 e. The number of carbonyl (C=O) groups is 1. The summed E-state index contributed by atoms with van der Waals surface area (Å²) in [6.07, 6.45) is 3.40. The zero-order valence-corrected chi connectivity index (χ0v) is 13.5. The highest BCUT2D eigenvalue weighted by Crippen LogP contribution is 2.26. The molecular weight excluding hydrogens is 322 g/mol. The Balaban J connectivity index is 1.98. The van der Waals surface area contributed by atoms with E-state index in [9.17, 15) is 4.79 Å². The first-order valence-electron chi connectivity index (χ1n) is 6.52. The van der Waals surface area contributed by atoms with Crippen molar-refractivity contribution >= 4 is 43.3 Å². The number of unbranched alkanes of at least 4 members (excludes halogenated alkanes) is 2. The molecule has 0 spiro atoms. The summed E-state index contributed by atoms with van der Waals surface area (Å²) in [5, 5.41) is 2.20. The van der Waals surface area contributed by atoms with Crippen molar-refractivity contribution in [2.24, 2.45) is 0 Å². The van der Waals surface area contributed by atoms with Gasteiger partial charge in [0.25, 0.3) is 5.91 Å². The first kappa shape index (κ1) is 14.5. The number of alkyl halides is 1. The lowest BCUT2D eigenvalue weighted by molar-refractivity contribution is 0.0797. The number of hydrogen-bond acceptors (Lipinski definition) is 2. The van der Waals surface area contributed by atoms with Crippen LogP contribution in [-0.4, -0.2) is 29.7 Å². The third-order valence-corrected chi connectivity index (χ3v) is 4.77. The van der Waals surface area contributed by atoms with E-state index in [4.69, 9.17) is 0 Å². The van der Waals surface area contributed by atoms with E-state index in [0.717, 1.165) is 35.0 Å². The Morgan fingerprint density at radius 2 is 2.05 bits per heavy atom. The summed E-state index contributed by atoms with van der Waals surface area (Å²) in [5.41, 5.74) is 0. The van der Waals surface area contributed by atoms with E-state index in [1.807, 2.05) is 30.1 Å². The van der Waals surface area contributed by atoms with E-state index in [1.54, 1.807) is 11.3 Å². The van der Waals surface area contributed by atoms with Gasteiger partial charge in [-0.15, -0.1) is 11.3 Å². The number of amides is 1. The first-order chi connectivity index (χ1) is 9.22. The lowest BCUT2D eigenvalue weighted by atomic mass is 10.2. The second-order valence-corrected chi connectivity index (χ2v) is 6.50. The van der Waals surface area contributed by atoms with E-state index in [1.165, 1.54) is 11.1 Å². The zero-order valence-electron chi connectivity index (χ0n) is 11.1. The number of hydrogen-bond donors (Lipinski definition) is 0. The predicted molar refractivity (Wildman–Crippen MR) is 86.4 cm³/mol. The molecule has 4 heteroatoms. The fraction of sp³-hybridized carbons (Fsp3) is 0.400. The second-order valence-electron chi connectivity index (χ2n) is 4.62. The Bertz CT molecular complexity index is 519. The first-order valence-corrected chi connectivity index (χ1v) is 8.46. The van der Waals surface area contributed by atoms with Crippen molar-refractivity contribution < 1.29 is 4.79 Å². The molecule has 102 valence electrons. The Morgan fingerprint density at radius 1 is 1.26 bits per heavy atom. The van der Waals surface area contributed by atoms with Gasteiger partial charge in [-0.3, -0.25) is 4.79 Å². The molecule has 0 aliphatic heterocycles. The summed E-state index contributed by atoms with van der Waals surface area (Å²) >= 11 is 5.00. The van der Waals surface area contributed by atoms with Crippen molar-refractivity contribution in [1.29, 1.82) is 0 Å². The van der Waals surface area contributed by atoms with Crippen LogP contribution in [0.1, 0.15) is 28.9 Å². The van der Waals surface area contributed by atoms with Crippen LogP contribution >= 0.6 is 27.3 Å². The second kappa shape index (κ2) is 7.06. The summed E-state index contributed by atoms with van der Waals surface area (Å²) < 4.78 is 1.18. The molecule has 0 aliphatic carbocycles. The minimum Gasteiger partial charge on any atom is -0.341 e. The van der Waals surface area contributed by atoms with Crippen molar-refractivity contribution in [3.8, 4) is 0 Å². The van der Waals surface area contributed by atoms with Crippen LogP contribution in [0.3, 0.4) is 0 Å². The van der Waals surface area contributed by atoms with Gasteiger partial charge in [0.05, 0.1) is 4.88 Å². The van der Waals surface area contributed by atoms with Crippen LogP contribution in [0.15, 0.2) is 30.3 Å². The van der Waals surface area contributed by atoms with Crippen LogP contribution in [0, 0.1) is 0 Å². The molecule has 0 radical (unpaired) electrons. The Morgan fingerprint density at radius 3 is 2.79 bits per heavy atom. The topological polar surface area (TPSA) is 20.3 Å². The van der Waals surface area contributed by atoms with Crippen LogP contribution < -0.4 is 0 Å². The largest absolute Gasteiger partial charge is 0.341 e. The van der Waals surface area contributed by atoms with E-state index in [2.05, 4.69) is 28.1 Å². The summed E-state index contributed by atoms with van der Waals surface area (Å²) in [7, 11) is 1.89. The number of carbonyl (C=O) groups excluding carboxylic acids is 1. The van der Waals surface area contributed by atoms with Crippen molar-refractivity contribution in [3.63, 3.8) is 0 Å². The molecule has 19 heavy (non-hydrogen) atoms. The molecular formula is C15H18BrNOS. The quantitative estimate of drug-likeness (QED) is 0.558. The highest BCUT2D eigenvalue weighted by atomic mass is 79.9. The molecule has 1 aromatic carbocycles. The summed E-state index contributed by atoms with van der Waals surface area (Å²) in [5.74, 6) is 0.139. The third kappa shape index (κ3) is 3.80. The van der Waals surface area contributed by atoms with Gasteiger partial charge in [0, 0.05) is 23.6 Å². The highest BCUT2D eigenvalue weighted by Gasteiger charge is 2.14. The highest BCUT2D eigenvalue weighted by molar-refractivity contribution is 9.09. The van der Waals surface area contributed by atoms with E-state index < -0.39 is 0 Å². The molecule has 0 aliphatic rings. The third-order valence-electron chi connectivity index (χ3n) is 3.11. The lowest BCUT2D eigenvalue weighted by Gasteiger charge is -2.15. The molecule has 1 heterocycles. The number of benzene rings is 1. The molecule has 0 fully saturated rings. The van der Waals surface area contributed by atoms with Gasteiger partial charge in [-0.2, -0.15) is 0 Å². The van der Waals surface area contributed by atoms with Crippen LogP contribution in [0.5, 0.6) is 0 Å². The van der Waals surface area contributed by atoms with Crippen molar-refractivity contribution in [2.75, 3.05) is 18.9 Å². The van der Waals surface area contributed by atoms with Crippen LogP contribution in [-0.2, 0) is 0 Å². The molecule has 1 amide bonds. The summed E-state index contributed by atoms with van der Waals surface area (Å²) in [6, 6.07) is 10.1. The maximum absolute atomic E-state index is 12.3. The van der Waals surface area contributed by atoms with Crippen LogP contribution in [0.25, 0.3) is 10.1 Å². The van der Waals surface area contributed by atoms with Gasteiger partial charge in [-0.25, -0.2) is 0 Å². The minimum absolute atomic E-state index is 0.139. The fourth-order valence-corrected chi connectivity index (χ4v) is 3.45. The van der Waals surface area contributed by atoms with Gasteiger partial charge in [0.1, 0.15) is 0 Å². The smallest absolute Gasteiger partial charge is 0.263 e. The lowest BCUT2D eigenvalue weighted by Crippen LogP contribution is -2.26.